The normalized spacial score (nSPS) is 11.6. The maximum absolute atomic E-state index is 8.77. The fourth-order valence-electron chi connectivity index (χ4n) is 0.625. The molecule has 0 aromatic heterocycles. The molecule has 0 heterocycles. The molecule has 0 saturated carbocycles. The van der Waals surface area contributed by atoms with Crippen LogP contribution in [0.2, 0.25) is 0 Å². The fourth-order valence-corrected chi connectivity index (χ4v) is 0.947. The van der Waals surface area contributed by atoms with E-state index in [9.17, 15) is 0 Å². The first-order valence-electron chi connectivity index (χ1n) is 3.09. The Morgan fingerprint density at radius 2 is 1.90 bits per heavy atom. The number of allylic oxidation sites excluding steroid dienone is 1. The maximum Gasteiger partial charge on any atom is 0.0510 e. The van der Waals surface area contributed by atoms with E-state index in [-0.39, 0.29) is 13.2 Å². The van der Waals surface area contributed by atoms with Gasteiger partial charge in [0.05, 0.1) is 13.2 Å². The lowest BCUT2D eigenvalue weighted by molar-refractivity contribution is 0.0718. The summed E-state index contributed by atoms with van der Waals surface area (Å²) in [6.07, 6.45) is 0.446. The van der Waals surface area contributed by atoms with E-state index < -0.39 is 5.41 Å². The summed E-state index contributed by atoms with van der Waals surface area (Å²) in [6.45, 7) is 5.08. The summed E-state index contributed by atoms with van der Waals surface area (Å²) in [4.78, 5) is 0. The van der Waals surface area contributed by atoms with Gasteiger partial charge in [0.15, 0.2) is 0 Å². The second kappa shape index (κ2) is 3.96. The van der Waals surface area contributed by atoms with Crippen molar-refractivity contribution in [3.63, 3.8) is 0 Å². The molecule has 0 aliphatic rings. The van der Waals surface area contributed by atoms with Crippen LogP contribution in [0.25, 0.3) is 0 Å². The number of aliphatic hydroxyl groups excluding tert-OH is 2. The molecule has 2 nitrogen and oxygen atoms in total. The van der Waals surface area contributed by atoms with Gasteiger partial charge in [-0.3, -0.25) is 0 Å². The van der Waals surface area contributed by atoms with Crippen molar-refractivity contribution in [2.45, 2.75) is 13.3 Å². The van der Waals surface area contributed by atoms with Crippen molar-refractivity contribution in [2.75, 3.05) is 13.2 Å². The standard InChI is InChI=1S/C7H13ClO2/c1-6(8)3-7(2,4-9)5-10/h9-10H,1,3-5H2,2H3. The SMILES string of the molecule is C=C(Cl)CC(C)(CO)CO. The second-order valence-electron chi connectivity index (χ2n) is 2.82. The molecular formula is C7H13ClO2. The Morgan fingerprint density at radius 3 is 2.00 bits per heavy atom. The molecule has 0 bridgehead atoms. The average Bonchev–Trinajstić information content (AvgIpc) is 1.87. The highest BCUT2D eigenvalue weighted by atomic mass is 35.5. The topological polar surface area (TPSA) is 40.5 Å². The van der Waals surface area contributed by atoms with Crippen LogP contribution in [0.15, 0.2) is 11.6 Å². The van der Waals surface area contributed by atoms with E-state index in [1.165, 1.54) is 0 Å². The summed E-state index contributed by atoms with van der Waals surface area (Å²) in [6, 6.07) is 0. The van der Waals surface area contributed by atoms with Gasteiger partial charge in [-0.2, -0.15) is 0 Å². The maximum atomic E-state index is 8.77. The molecule has 3 heteroatoms. The van der Waals surface area contributed by atoms with Gasteiger partial charge in [-0.15, -0.1) is 0 Å². The van der Waals surface area contributed by atoms with Gasteiger partial charge >= 0.3 is 0 Å². The van der Waals surface area contributed by atoms with Crippen LogP contribution in [-0.4, -0.2) is 23.4 Å². The van der Waals surface area contributed by atoms with E-state index in [1.807, 2.05) is 0 Å². The zero-order valence-corrected chi connectivity index (χ0v) is 6.86. The van der Waals surface area contributed by atoms with Crippen molar-refractivity contribution in [2.24, 2.45) is 5.41 Å². The average molecular weight is 165 g/mol. The Kier molecular flexibility index (Phi) is 3.94. The van der Waals surface area contributed by atoms with Crippen LogP contribution in [0, 0.1) is 5.41 Å². The zero-order valence-electron chi connectivity index (χ0n) is 6.10. The predicted molar refractivity (Wildman–Crippen MR) is 41.9 cm³/mol. The van der Waals surface area contributed by atoms with Gasteiger partial charge < -0.3 is 10.2 Å². The van der Waals surface area contributed by atoms with E-state index in [2.05, 4.69) is 6.58 Å². The molecule has 10 heavy (non-hydrogen) atoms. The molecule has 0 aromatic carbocycles. The fraction of sp³-hybridized carbons (Fsp3) is 0.714. The number of rotatable bonds is 4. The molecule has 0 unspecified atom stereocenters. The summed E-state index contributed by atoms with van der Waals surface area (Å²) in [5.41, 5.74) is -0.515. The lowest BCUT2D eigenvalue weighted by Gasteiger charge is -2.23. The zero-order chi connectivity index (χ0) is 8.20. The van der Waals surface area contributed by atoms with E-state index in [0.29, 0.717) is 11.5 Å². The first kappa shape index (κ1) is 9.95. The summed E-state index contributed by atoms with van der Waals surface area (Å²) in [5, 5.41) is 18.0. The van der Waals surface area contributed by atoms with Gasteiger partial charge in [0, 0.05) is 10.4 Å². The third kappa shape index (κ3) is 3.20. The van der Waals surface area contributed by atoms with Crippen molar-refractivity contribution in [1.29, 1.82) is 0 Å². The van der Waals surface area contributed by atoms with Gasteiger partial charge in [0.1, 0.15) is 0 Å². The molecule has 0 rings (SSSR count). The monoisotopic (exact) mass is 164 g/mol. The van der Waals surface area contributed by atoms with Gasteiger partial charge in [-0.05, 0) is 6.42 Å². The molecule has 0 radical (unpaired) electrons. The van der Waals surface area contributed by atoms with Crippen LogP contribution in [0.1, 0.15) is 13.3 Å². The molecule has 0 aliphatic carbocycles. The lowest BCUT2D eigenvalue weighted by atomic mass is 9.89. The van der Waals surface area contributed by atoms with E-state index in [1.54, 1.807) is 6.92 Å². The Hall–Kier alpha value is -0.0500. The summed E-state index contributed by atoms with van der Waals surface area (Å²) < 4.78 is 0. The molecule has 0 spiro atoms. The number of halogens is 1. The van der Waals surface area contributed by atoms with Crippen molar-refractivity contribution in [1.82, 2.24) is 0 Å². The molecule has 0 aliphatic heterocycles. The second-order valence-corrected chi connectivity index (χ2v) is 3.36. The van der Waals surface area contributed by atoms with Crippen LogP contribution in [0.3, 0.4) is 0 Å². The minimum Gasteiger partial charge on any atom is -0.396 e. The van der Waals surface area contributed by atoms with E-state index in [4.69, 9.17) is 21.8 Å². The van der Waals surface area contributed by atoms with E-state index in [0.717, 1.165) is 0 Å². The summed E-state index contributed by atoms with van der Waals surface area (Å²) in [5.74, 6) is 0. The van der Waals surface area contributed by atoms with Crippen LogP contribution >= 0.6 is 11.6 Å². The Balaban J connectivity index is 3.92. The highest BCUT2D eigenvalue weighted by molar-refractivity contribution is 6.29. The number of aliphatic hydroxyl groups is 2. The molecule has 60 valence electrons. The summed E-state index contributed by atoms with van der Waals surface area (Å²) >= 11 is 5.50. The molecule has 0 amide bonds. The largest absolute Gasteiger partial charge is 0.396 e. The van der Waals surface area contributed by atoms with E-state index >= 15 is 0 Å². The van der Waals surface area contributed by atoms with Gasteiger partial charge in [-0.1, -0.05) is 25.1 Å². The van der Waals surface area contributed by atoms with Gasteiger partial charge in [0.2, 0.25) is 0 Å². The van der Waals surface area contributed by atoms with Crippen LogP contribution in [-0.2, 0) is 0 Å². The van der Waals surface area contributed by atoms with Gasteiger partial charge in [-0.25, -0.2) is 0 Å². The number of hydrogen-bond acceptors (Lipinski definition) is 2. The quantitative estimate of drug-likeness (QED) is 0.654. The van der Waals surface area contributed by atoms with Crippen molar-refractivity contribution >= 4 is 11.6 Å². The molecule has 2 N–H and O–H groups in total. The minimum absolute atomic E-state index is 0.0742. The van der Waals surface area contributed by atoms with Crippen molar-refractivity contribution in [3.8, 4) is 0 Å². The highest BCUT2D eigenvalue weighted by Gasteiger charge is 2.22. The van der Waals surface area contributed by atoms with Crippen molar-refractivity contribution < 1.29 is 10.2 Å². The highest BCUT2D eigenvalue weighted by Crippen LogP contribution is 2.25. The molecule has 0 fully saturated rings. The Bertz CT molecular complexity index is 119. The molecule has 0 aromatic rings. The van der Waals surface area contributed by atoms with Crippen molar-refractivity contribution in [3.05, 3.63) is 11.6 Å². The van der Waals surface area contributed by atoms with Crippen LogP contribution in [0.5, 0.6) is 0 Å². The first-order valence-corrected chi connectivity index (χ1v) is 3.47. The molecule has 0 saturated heterocycles. The summed E-state index contributed by atoms with van der Waals surface area (Å²) in [7, 11) is 0. The first-order chi connectivity index (χ1) is 4.54. The van der Waals surface area contributed by atoms with Crippen LogP contribution < -0.4 is 0 Å². The molecule has 0 atom stereocenters. The van der Waals surface area contributed by atoms with Crippen LogP contribution in [0.4, 0.5) is 0 Å². The number of hydrogen-bond donors (Lipinski definition) is 2. The third-order valence-corrected chi connectivity index (χ3v) is 1.52. The minimum atomic E-state index is -0.515. The molecular weight excluding hydrogens is 152 g/mol. The smallest absolute Gasteiger partial charge is 0.0510 e. The third-order valence-electron chi connectivity index (χ3n) is 1.38. The lowest BCUT2D eigenvalue weighted by Crippen LogP contribution is -2.25. The Labute approximate surface area is 66.1 Å². The Morgan fingerprint density at radius 1 is 1.50 bits per heavy atom. The van der Waals surface area contributed by atoms with Gasteiger partial charge in [0.25, 0.3) is 0 Å². The predicted octanol–water partition coefficient (Wildman–Crippen LogP) is 1.12.